The average molecular weight is 450 g/mol. The van der Waals surface area contributed by atoms with Gasteiger partial charge in [-0.2, -0.15) is 5.10 Å². The lowest BCUT2D eigenvalue weighted by atomic mass is 10.0. The predicted octanol–water partition coefficient (Wildman–Crippen LogP) is 3.29. The Hall–Kier alpha value is -3.59. The van der Waals surface area contributed by atoms with Gasteiger partial charge in [0, 0.05) is 12.1 Å². The maximum atomic E-state index is 13.7. The lowest BCUT2D eigenvalue weighted by molar-refractivity contribution is -0.132. The number of halogens is 1. The predicted molar refractivity (Wildman–Crippen MR) is 120 cm³/mol. The minimum atomic E-state index is -0.617. The first-order valence-corrected chi connectivity index (χ1v) is 11.0. The Morgan fingerprint density at radius 2 is 2.03 bits per heavy atom. The standard InChI is InChI=1S/C23H20FN5O2S/c1-13-8-15(3-4-16(13)24)22-21(23(25)31)18-11-28(6-7-29(18)27-22)20(30)10-14-2-5-17-19(9-14)32-12-26-17/h2-5,8-9,12H,6-7,10-11H2,1H3,(H2,25,31). The van der Waals surface area contributed by atoms with E-state index in [-0.39, 0.29) is 30.3 Å². The van der Waals surface area contributed by atoms with Gasteiger partial charge >= 0.3 is 0 Å². The summed E-state index contributed by atoms with van der Waals surface area (Å²) in [6.45, 7) is 2.83. The van der Waals surface area contributed by atoms with Crippen LogP contribution >= 0.6 is 11.3 Å². The number of hydrogen-bond acceptors (Lipinski definition) is 5. The van der Waals surface area contributed by atoms with E-state index in [9.17, 15) is 14.0 Å². The van der Waals surface area contributed by atoms with Crippen molar-refractivity contribution >= 4 is 33.4 Å². The topological polar surface area (TPSA) is 94.1 Å². The van der Waals surface area contributed by atoms with Gasteiger partial charge in [-0.25, -0.2) is 9.37 Å². The Labute approximate surface area is 187 Å². The number of amides is 2. The van der Waals surface area contributed by atoms with Gasteiger partial charge in [0.1, 0.15) is 11.5 Å². The number of primary amides is 1. The molecule has 0 aliphatic carbocycles. The highest BCUT2D eigenvalue weighted by molar-refractivity contribution is 7.16. The van der Waals surface area contributed by atoms with E-state index in [1.165, 1.54) is 6.07 Å². The highest BCUT2D eigenvalue weighted by atomic mass is 32.1. The lowest BCUT2D eigenvalue weighted by Crippen LogP contribution is -2.40. The summed E-state index contributed by atoms with van der Waals surface area (Å²) in [6, 6.07) is 10.4. The zero-order valence-corrected chi connectivity index (χ0v) is 18.2. The number of aromatic nitrogens is 3. The van der Waals surface area contributed by atoms with E-state index in [1.54, 1.807) is 45.5 Å². The Morgan fingerprint density at radius 1 is 1.19 bits per heavy atom. The number of benzene rings is 2. The summed E-state index contributed by atoms with van der Waals surface area (Å²) in [6.07, 6.45) is 0.262. The number of aryl methyl sites for hydroxylation is 1. The van der Waals surface area contributed by atoms with Gasteiger partial charge in [0.15, 0.2) is 0 Å². The van der Waals surface area contributed by atoms with Crippen molar-refractivity contribution in [3.05, 3.63) is 70.1 Å². The normalized spacial score (nSPS) is 13.4. The third kappa shape index (κ3) is 3.54. The summed E-state index contributed by atoms with van der Waals surface area (Å²) >= 11 is 1.54. The fourth-order valence-electron chi connectivity index (χ4n) is 4.08. The molecule has 0 saturated carbocycles. The largest absolute Gasteiger partial charge is 0.365 e. The highest BCUT2D eigenvalue weighted by Crippen LogP contribution is 2.29. The number of carbonyl (C=O) groups excluding carboxylic acids is 2. The van der Waals surface area contributed by atoms with Crippen LogP contribution in [0, 0.1) is 12.7 Å². The molecule has 1 aliphatic rings. The lowest BCUT2D eigenvalue weighted by Gasteiger charge is -2.28. The zero-order valence-electron chi connectivity index (χ0n) is 17.3. The van der Waals surface area contributed by atoms with Crippen LogP contribution in [0.1, 0.15) is 27.2 Å². The maximum Gasteiger partial charge on any atom is 0.252 e. The van der Waals surface area contributed by atoms with Gasteiger partial charge in [-0.05, 0) is 48.4 Å². The molecule has 2 aromatic carbocycles. The summed E-state index contributed by atoms with van der Waals surface area (Å²) < 4.78 is 16.5. The van der Waals surface area contributed by atoms with Gasteiger partial charge in [-0.3, -0.25) is 14.3 Å². The van der Waals surface area contributed by atoms with Crippen molar-refractivity contribution in [2.24, 2.45) is 5.73 Å². The molecule has 2 amide bonds. The van der Waals surface area contributed by atoms with Crippen LogP contribution in [0.2, 0.25) is 0 Å². The Bertz CT molecular complexity index is 1380. The van der Waals surface area contributed by atoms with Crippen molar-refractivity contribution < 1.29 is 14.0 Å². The molecule has 4 aromatic rings. The molecule has 2 N–H and O–H groups in total. The van der Waals surface area contributed by atoms with Gasteiger partial charge in [0.05, 0.1) is 46.5 Å². The van der Waals surface area contributed by atoms with Crippen LogP contribution in [0.5, 0.6) is 0 Å². The molecular formula is C23H20FN5O2S. The summed E-state index contributed by atoms with van der Waals surface area (Å²) in [5, 5.41) is 4.57. The number of thiazole rings is 1. The molecule has 162 valence electrons. The first-order valence-electron chi connectivity index (χ1n) is 10.2. The van der Waals surface area contributed by atoms with Crippen LogP contribution in [0.15, 0.2) is 41.9 Å². The third-order valence-electron chi connectivity index (χ3n) is 5.76. The van der Waals surface area contributed by atoms with Crippen LogP contribution in [-0.4, -0.2) is 38.0 Å². The zero-order chi connectivity index (χ0) is 22.4. The monoisotopic (exact) mass is 449 g/mol. The molecule has 0 saturated heterocycles. The Balaban J connectivity index is 1.43. The van der Waals surface area contributed by atoms with Crippen LogP contribution in [0.25, 0.3) is 21.5 Å². The van der Waals surface area contributed by atoms with Crippen LogP contribution < -0.4 is 5.73 Å². The quantitative estimate of drug-likeness (QED) is 0.517. The third-order valence-corrected chi connectivity index (χ3v) is 6.55. The van der Waals surface area contributed by atoms with Crippen molar-refractivity contribution in [1.29, 1.82) is 0 Å². The minimum absolute atomic E-state index is 0.0316. The molecule has 32 heavy (non-hydrogen) atoms. The Kier molecular flexibility index (Phi) is 4.97. The minimum Gasteiger partial charge on any atom is -0.365 e. The van der Waals surface area contributed by atoms with E-state index >= 15 is 0 Å². The fourth-order valence-corrected chi connectivity index (χ4v) is 4.82. The van der Waals surface area contributed by atoms with Crippen molar-refractivity contribution in [1.82, 2.24) is 19.7 Å². The highest BCUT2D eigenvalue weighted by Gasteiger charge is 2.29. The summed E-state index contributed by atoms with van der Waals surface area (Å²) in [7, 11) is 0. The Morgan fingerprint density at radius 3 is 2.81 bits per heavy atom. The molecule has 0 atom stereocenters. The molecule has 1 aliphatic heterocycles. The summed E-state index contributed by atoms with van der Waals surface area (Å²) in [4.78, 5) is 31.3. The second-order valence-corrected chi connectivity index (χ2v) is 8.75. The SMILES string of the molecule is Cc1cc(-c2nn3c(c2C(N)=O)CN(C(=O)Cc2ccc4ncsc4c2)CC3)ccc1F. The van der Waals surface area contributed by atoms with Crippen molar-refractivity contribution in [3.63, 3.8) is 0 Å². The number of fused-ring (bicyclic) bond motifs is 2. The van der Waals surface area contributed by atoms with Crippen molar-refractivity contribution in [2.75, 3.05) is 6.54 Å². The number of nitrogens with two attached hydrogens (primary N) is 1. The van der Waals surface area contributed by atoms with E-state index in [0.717, 1.165) is 15.8 Å². The summed E-state index contributed by atoms with van der Waals surface area (Å²) in [5.41, 5.74) is 11.7. The van der Waals surface area contributed by atoms with Gasteiger partial charge in [0.2, 0.25) is 5.91 Å². The molecule has 0 bridgehead atoms. The first-order chi connectivity index (χ1) is 15.4. The molecule has 3 heterocycles. The second-order valence-electron chi connectivity index (χ2n) is 7.87. The van der Waals surface area contributed by atoms with Gasteiger partial charge in [-0.15, -0.1) is 11.3 Å². The van der Waals surface area contributed by atoms with Gasteiger partial charge in [-0.1, -0.05) is 6.07 Å². The molecule has 0 spiro atoms. The van der Waals surface area contributed by atoms with Gasteiger partial charge in [0.25, 0.3) is 5.91 Å². The number of hydrogen-bond donors (Lipinski definition) is 1. The average Bonchev–Trinajstić information content (AvgIpc) is 3.39. The van der Waals surface area contributed by atoms with Gasteiger partial charge < -0.3 is 10.6 Å². The molecule has 0 unspecified atom stereocenters. The number of rotatable bonds is 4. The molecule has 7 nitrogen and oxygen atoms in total. The molecule has 2 aromatic heterocycles. The fraction of sp³-hybridized carbons (Fsp3) is 0.217. The smallest absolute Gasteiger partial charge is 0.252 e. The first kappa shape index (κ1) is 20.3. The molecule has 0 fully saturated rings. The summed E-state index contributed by atoms with van der Waals surface area (Å²) in [5.74, 6) is -0.976. The van der Waals surface area contributed by atoms with Crippen LogP contribution in [-0.2, 0) is 24.3 Å². The maximum absolute atomic E-state index is 13.7. The van der Waals surface area contributed by atoms with Crippen LogP contribution in [0.3, 0.4) is 0 Å². The second kappa shape index (κ2) is 7.83. The van der Waals surface area contributed by atoms with E-state index in [1.807, 2.05) is 18.2 Å². The molecular weight excluding hydrogens is 429 g/mol. The number of nitrogens with zero attached hydrogens (tertiary/aromatic N) is 4. The van der Waals surface area contributed by atoms with E-state index in [4.69, 9.17) is 5.73 Å². The van der Waals surface area contributed by atoms with Crippen LogP contribution in [0.4, 0.5) is 4.39 Å². The van der Waals surface area contributed by atoms with E-state index in [2.05, 4.69) is 10.1 Å². The molecule has 5 rings (SSSR count). The van der Waals surface area contributed by atoms with E-state index in [0.29, 0.717) is 35.6 Å². The van der Waals surface area contributed by atoms with Crippen molar-refractivity contribution in [3.8, 4) is 11.3 Å². The van der Waals surface area contributed by atoms with E-state index < -0.39 is 5.91 Å². The molecule has 9 heteroatoms. The number of carbonyl (C=O) groups is 2. The molecule has 0 radical (unpaired) electrons. The van der Waals surface area contributed by atoms with Crippen molar-refractivity contribution in [2.45, 2.75) is 26.4 Å².